The van der Waals surface area contributed by atoms with Crippen molar-refractivity contribution in [1.82, 2.24) is 4.57 Å². The highest BCUT2D eigenvalue weighted by Gasteiger charge is 2.16. The molecule has 136 valence electrons. The van der Waals surface area contributed by atoms with Crippen molar-refractivity contribution in [2.45, 2.75) is 11.8 Å². The fraction of sp³-hybridized carbons (Fsp3) is 0.136. The molecule has 0 saturated heterocycles. The quantitative estimate of drug-likeness (QED) is 0.528. The first-order chi connectivity index (χ1) is 12.9. The summed E-state index contributed by atoms with van der Waals surface area (Å²) in [6.45, 7) is 1.79. The van der Waals surface area contributed by atoms with E-state index >= 15 is 0 Å². The van der Waals surface area contributed by atoms with Gasteiger partial charge in [0.05, 0.1) is 0 Å². The summed E-state index contributed by atoms with van der Waals surface area (Å²) in [4.78, 5) is 12.8. The Bertz CT molecular complexity index is 1210. The number of furan rings is 1. The molecule has 0 fully saturated rings. The van der Waals surface area contributed by atoms with Crippen LogP contribution in [-0.4, -0.2) is 15.0 Å². The van der Waals surface area contributed by atoms with Crippen LogP contribution in [0.2, 0.25) is 0 Å². The molecule has 1 atom stereocenters. The van der Waals surface area contributed by atoms with Crippen LogP contribution in [0.4, 0.5) is 0 Å². The average molecular weight is 377 g/mol. The third-order valence-electron chi connectivity index (χ3n) is 4.65. The van der Waals surface area contributed by atoms with Gasteiger partial charge in [0.15, 0.2) is 0 Å². The number of hydrogen-bond acceptors (Lipinski definition) is 3. The van der Waals surface area contributed by atoms with Gasteiger partial charge in [-0.1, -0.05) is 30.3 Å². The molecule has 0 bridgehead atoms. The topological polar surface area (TPSA) is 52.2 Å². The van der Waals surface area contributed by atoms with Crippen LogP contribution < -0.4 is 5.56 Å². The molecule has 0 saturated carbocycles. The molecule has 0 N–H and O–H groups in total. The largest absolute Gasteiger partial charge is 0.455 e. The van der Waals surface area contributed by atoms with Gasteiger partial charge in [0, 0.05) is 62.8 Å². The Morgan fingerprint density at radius 1 is 1.00 bits per heavy atom. The number of fused-ring (bicyclic) bond motifs is 1. The minimum absolute atomic E-state index is 0.0327. The number of rotatable bonds is 3. The molecule has 0 aliphatic rings. The van der Waals surface area contributed by atoms with E-state index in [1.807, 2.05) is 54.6 Å². The number of benzene rings is 2. The SMILES string of the molecule is Cc1cc(-c2cc(S(C)=O)cc3cc(-c4ccccc4)oc23)cn(C)c1=O. The van der Waals surface area contributed by atoms with Crippen LogP contribution in [0.1, 0.15) is 5.56 Å². The molecule has 4 rings (SSSR count). The molecule has 0 amide bonds. The van der Waals surface area contributed by atoms with Crippen molar-refractivity contribution in [3.05, 3.63) is 76.7 Å². The van der Waals surface area contributed by atoms with Crippen LogP contribution in [0, 0.1) is 6.92 Å². The predicted molar refractivity (Wildman–Crippen MR) is 109 cm³/mol. The molecule has 2 aromatic heterocycles. The van der Waals surface area contributed by atoms with Gasteiger partial charge in [-0.2, -0.15) is 0 Å². The highest BCUT2D eigenvalue weighted by Crippen LogP contribution is 2.36. The highest BCUT2D eigenvalue weighted by atomic mass is 32.2. The van der Waals surface area contributed by atoms with Crippen molar-refractivity contribution < 1.29 is 8.63 Å². The molecule has 0 radical (unpaired) electrons. The fourth-order valence-corrected chi connectivity index (χ4v) is 3.85. The lowest BCUT2D eigenvalue weighted by Gasteiger charge is -2.09. The Morgan fingerprint density at radius 3 is 2.41 bits per heavy atom. The van der Waals surface area contributed by atoms with Crippen molar-refractivity contribution in [1.29, 1.82) is 0 Å². The maximum atomic E-state index is 12.2. The van der Waals surface area contributed by atoms with Gasteiger partial charge in [-0.15, -0.1) is 0 Å². The van der Waals surface area contributed by atoms with E-state index in [2.05, 4.69) is 0 Å². The first-order valence-electron chi connectivity index (χ1n) is 8.58. The second-order valence-corrected chi connectivity index (χ2v) is 8.03. The second kappa shape index (κ2) is 6.67. The zero-order chi connectivity index (χ0) is 19.1. The Hall–Kier alpha value is -2.92. The van der Waals surface area contributed by atoms with Gasteiger partial charge in [0.25, 0.3) is 5.56 Å². The summed E-state index contributed by atoms with van der Waals surface area (Å²) in [6.07, 6.45) is 3.45. The molecule has 2 aromatic carbocycles. The molecular weight excluding hydrogens is 358 g/mol. The molecule has 0 aliphatic carbocycles. The van der Waals surface area contributed by atoms with E-state index in [1.165, 1.54) is 0 Å². The van der Waals surface area contributed by atoms with Crippen molar-refractivity contribution in [2.24, 2.45) is 7.05 Å². The Labute approximate surface area is 159 Å². The van der Waals surface area contributed by atoms with E-state index in [0.717, 1.165) is 38.3 Å². The van der Waals surface area contributed by atoms with Gasteiger partial charge in [-0.05, 0) is 31.2 Å². The number of aromatic nitrogens is 1. The first-order valence-corrected chi connectivity index (χ1v) is 10.1. The summed E-state index contributed by atoms with van der Waals surface area (Å²) in [5.74, 6) is 0.757. The standard InChI is InChI=1S/C22H19NO3S/c1-14-9-17(13-23(2)22(14)24)19-12-18(27(3)25)10-16-11-20(26-21(16)19)15-7-5-4-6-8-15/h4-13H,1-3H3. The van der Waals surface area contributed by atoms with Gasteiger partial charge in [-0.3, -0.25) is 9.00 Å². The molecule has 0 spiro atoms. The molecule has 1 unspecified atom stereocenters. The Balaban J connectivity index is 2.02. The lowest BCUT2D eigenvalue weighted by Crippen LogP contribution is -2.18. The molecule has 27 heavy (non-hydrogen) atoms. The van der Waals surface area contributed by atoms with Crippen molar-refractivity contribution in [3.63, 3.8) is 0 Å². The van der Waals surface area contributed by atoms with E-state index in [1.54, 1.807) is 31.0 Å². The lowest BCUT2D eigenvalue weighted by atomic mass is 10.0. The fourth-order valence-electron chi connectivity index (χ4n) is 3.28. The van der Waals surface area contributed by atoms with Gasteiger partial charge in [-0.25, -0.2) is 0 Å². The minimum Gasteiger partial charge on any atom is -0.455 e. The van der Waals surface area contributed by atoms with Crippen LogP contribution in [0.15, 0.2) is 74.9 Å². The van der Waals surface area contributed by atoms with E-state index in [9.17, 15) is 9.00 Å². The Kier molecular flexibility index (Phi) is 4.32. The number of hydrogen-bond donors (Lipinski definition) is 0. The van der Waals surface area contributed by atoms with Crippen molar-refractivity contribution in [3.8, 4) is 22.5 Å². The van der Waals surface area contributed by atoms with Crippen LogP contribution >= 0.6 is 0 Å². The molecule has 2 heterocycles. The van der Waals surface area contributed by atoms with Crippen LogP contribution in [0.3, 0.4) is 0 Å². The monoisotopic (exact) mass is 377 g/mol. The predicted octanol–water partition coefficient (Wildman–Crippen LogP) is 4.51. The van der Waals surface area contributed by atoms with Crippen molar-refractivity contribution >= 4 is 21.8 Å². The summed E-state index contributed by atoms with van der Waals surface area (Å²) in [6, 6.07) is 17.5. The molecule has 0 aliphatic heterocycles. The molecule has 5 heteroatoms. The molecule has 4 aromatic rings. The third kappa shape index (κ3) is 3.15. The highest BCUT2D eigenvalue weighted by molar-refractivity contribution is 7.84. The van der Waals surface area contributed by atoms with Gasteiger partial charge in [0.1, 0.15) is 11.3 Å². The van der Waals surface area contributed by atoms with Gasteiger partial charge < -0.3 is 8.98 Å². The summed E-state index contributed by atoms with van der Waals surface area (Å²) < 4.78 is 19.9. The molecular formula is C22H19NO3S. The third-order valence-corrected chi connectivity index (χ3v) is 5.55. The minimum atomic E-state index is -1.13. The van der Waals surface area contributed by atoms with Crippen molar-refractivity contribution in [2.75, 3.05) is 6.26 Å². The van der Waals surface area contributed by atoms with Crippen LogP contribution in [-0.2, 0) is 17.8 Å². The Morgan fingerprint density at radius 2 is 1.74 bits per heavy atom. The second-order valence-electron chi connectivity index (χ2n) is 6.65. The normalized spacial score (nSPS) is 12.4. The number of nitrogens with zero attached hydrogens (tertiary/aromatic N) is 1. The summed E-state index contributed by atoms with van der Waals surface area (Å²) in [7, 11) is 0.602. The van der Waals surface area contributed by atoms with E-state index in [4.69, 9.17) is 4.42 Å². The maximum Gasteiger partial charge on any atom is 0.253 e. The smallest absolute Gasteiger partial charge is 0.253 e. The zero-order valence-electron chi connectivity index (χ0n) is 15.4. The van der Waals surface area contributed by atoms with Crippen LogP contribution in [0.25, 0.3) is 33.4 Å². The lowest BCUT2D eigenvalue weighted by molar-refractivity contribution is 0.632. The van der Waals surface area contributed by atoms with E-state index in [0.29, 0.717) is 5.56 Å². The van der Waals surface area contributed by atoms with Crippen LogP contribution in [0.5, 0.6) is 0 Å². The molecule has 4 nitrogen and oxygen atoms in total. The zero-order valence-corrected chi connectivity index (χ0v) is 16.2. The first kappa shape index (κ1) is 17.5. The maximum absolute atomic E-state index is 12.2. The number of aryl methyl sites for hydroxylation is 2. The summed E-state index contributed by atoms with van der Waals surface area (Å²) in [5, 5.41) is 0.892. The summed E-state index contributed by atoms with van der Waals surface area (Å²) >= 11 is 0. The van der Waals surface area contributed by atoms with Gasteiger partial charge >= 0.3 is 0 Å². The average Bonchev–Trinajstić information content (AvgIpc) is 3.09. The van der Waals surface area contributed by atoms with Gasteiger partial charge in [0.2, 0.25) is 0 Å². The number of pyridine rings is 1. The van der Waals surface area contributed by atoms with E-state index < -0.39 is 10.8 Å². The summed E-state index contributed by atoms with van der Waals surface area (Å²) in [5.41, 5.74) is 4.02. The van der Waals surface area contributed by atoms with E-state index in [-0.39, 0.29) is 5.56 Å².